The monoisotopic (exact) mass is 287 g/mol. The molecule has 1 aromatic carbocycles. The molecule has 0 saturated heterocycles. The van der Waals surface area contributed by atoms with E-state index >= 15 is 0 Å². The van der Waals surface area contributed by atoms with E-state index in [2.05, 4.69) is 11.9 Å². The summed E-state index contributed by atoms with van der Waals surface area (Å²) in [5, 5.41) is 4.24. The molecule has 0 spiro atoms. The summed E-state index contributed by atoms with van der Waals surface area (Å²) >= 11 is 13.5. The molecule has 0 amide bonds. The van der Waals surface area contributed by atoms with Crippen LogP contribution in [0.2, 0.25) is 10.0 Å². The maximum atomic E-state index is 6.00. The fourth-order valence-corrected chi connectivity index (χ4v) is 2.51. The third-order valence-corrected chi connectivity index (χ3v) is 3.74. The number of aromatic nitrogens is 1. The van der Waals surface area contributed by atoms with Crippen LogP contribution in [0.4, 0.5) is 0 Å². The minimum atomic E-state index is 0.428. The van der Waals surface area contributed by atoms with Crippen LogP contribution < -0.4 is 4.74 Å². The van der Waals surface area contributed by atoms with Crippen molar-refractivity contribution in [2.24, 2.45) is 0 Å². The third-order valence-electron chi connectivity index (χ3n) is 2.17. The van der Waals surface area contributed by atoms with Crippen LogP contribution >= 0.6 is 34.5 Å². The summed E-state index contributed by atoms with van der Waals surface area (Å²) < 4.78 is 5.59. The molecule has 0 bridgehead atoms. The lowest BCUT2D eigenvalue weighted by Crippen LogP contribution is -1.96. The molecule has 0 aliphatic rings. The number of hydrogen-bond donors (Lipinski definition) is 0. The predicted octanol–water partition coefficient (Wildman–Crippen LogP) is 4.59. The van der Waals surface area contributed by atoms with E-state index in [1.54, 1.807) is 29.5 Å². The highest BCUT2D eigenvalue weighted by Gasteiger charge is 2.05. The Morgan fingerprint density at radius 2 is 2.18 bits per heavy atom. The fraction of sp³-hybridized carbons (Fsp3) is 0.250. The van der Waals surface area contributed by atoms with E-state index in [0.717, 1.165) is 17.1 Å². The summed E-state index contributed by atoms with van der Waals surface area (Å²) in [5.74, 6) is 0.627. The standard InChI is InChI=1S/C12H11Cl2NOS/c1-2-12-15-9(7-17-12)6-16-11-4-3-8(13)5-10(11)14/h3-5,7H,2,6H2,1H3. The Bertz CT molecular complexity index is 513. The van der Waals surface area contributed by atoms with E-state index in [9.17, 15) is 0 Å². The lowest BCUT2D eigenvalue weighted by Gasteiger charge is -2.06. The minimum absolute atomic E-state index is 0.428. The van der Waals surface area contributed by atoms with Gasteiger partial charge in [-0.1, -0.05) is 30.1 Å². The second-order valence-corrected chi connectivity index (χ2v) is 5.24. The maximum Gasteiger partial charge on any atom is 0.138 e. The summed E-state index contributed by atoms with van der Waals surface area (Å²) in [5.41, 5.74) is 0.929. The zero-order valence-electron chi connectivity index (χ0n) is 9.24. The molecular formula is C12H11Cl2NOS. The number of hydrogen-bond acceptors (Lipinski definition) is 3. The van der Waals surface area contributed by atoms with Gasteiger partial charge in [0, 0.05) is 10.4 Å². The Morgan fingerprint density at radius 1 is 1.35 bits per heavy atom. The third kappa shape index (κ3) is 3.35. The van der Waals surface area contributed by atoms with Crippen molar-refractivity contribution in [1.29, 1.82) is 0 Å². The molecule has 1 aromatic heterocycles. The molecule has 0 aliphatic carbocycles. The van der Waals surface area contributed by atoms with Crippen molar-refractivity contribution in [3.63, 3.8) is 0 Å². The molecule has 1 heterocycles. The van der Waals surface area contributed by atoms with Crippen LogP contribution in [0.1, 0.15) is 17.6 Å². The number of benzene rings is 1. The largest absolute Gasteiger partial charge is 0.486 e. The normalized spacial score (nSPS) is 10.5. The van der Waals surface area contributed by atoms with Crippen LogP contribution in [0.3, 0.4) is 0 Å². The summed E-state index contributed by atoms with van der Waals surface area (Å²) in [6.07, 6.45) is 0.951. The quantitative estimate of drug-likeness (QED) is 0.820. The molecule has 2 nitrogen and oxygen atoms in total. The van der Waals surface area contributed by atoms with E-state index in [1.807, 2.05) is 5.38 Å². The van der Waals surface area contributed by atoms with Crippen LogP contribution in [0.25, 0.3) is 0 Å². The maximum absolute atomic E-state index is 6.00. The first-order valence-electron chi connectivity index (χ1n) is 5.20. The van der Waals surface area contributed by atoms with Crippen LogP contribution in [0, 0.1) is 0 Å². The Balaban J connectivity index is 2.02. The number of thiazole rings is 1. The van der Waals surface area contributed by atoms with Crippen LogP contribution in [-0.4, -0.2) is 4.98 Å². The van der Waals surface area contributed by atoms with Crippen LogP contribution in [0.15, 0.2) is 23.6 Å². The van der Waals surface area contributed by atoms with Gasteiger partial charge in [0.2, 0.25) is 0 Å². The number of ether oxygens (including phenoxy) is 1. The second kappa shape index (κ2) is 5.71. The summed E-state index contributed by atoms with van der Waals surface area (Å²) in [4.78, 5) is 4.42. The topological polar surface area (TPSA) is 22.1 Å². The van der Waals surface area contributed by atoms with E-state index in [-0.39, 0.29) is 0 Å². The molecular weight excluding hydrogens is 277 g/mol. The van der Waals surface area contributed by atoms with Gasteiger partial charge in [0.25, 0.3) is 0 Å². The van der Waals surface area contributed by atoms with Gasteiger partial charge in [-0.2, -0.15) is 0 Å². The highest BCUT2D eigenvalue weighted by molar-refractivity contribution is 7.09. The smallest absolute Gasteiger partial charge is 0.138 e. The fourth-order valence-electron chi connectivity index (χ4n) is 1.32. The van der Waals surface area contributed by atoms with Gasteiger partial charge >= 0.3 is 0 Å². The molecule has 0 saturated carbocycles. The number of halogens is 2. The minimum Gasteiger partial charge on any atom is -0.486 e. The summed E-state index contributed by atoms with van der Waals surface area (Å²) in [6, 6.07) is 5.18. The molecule has 17 heavy (non-hydrogen) atoms. The lowest BCUT2D eigenvalue weighted by atomic mass is 10.3. The number of nitrogens with zero attached hydrogens (tertiary/aromatic N) is 1. The molecule has 0 atom stereocenters. The van der Waals surface area contributed by atoms with Crippen LogP contribution in [0.5, 0.6) is 5.75 Å². The molecule has 90 valence electrons. The zero-order valence-corrected chi connectivity index (χ0v) is 11.6. The Labute approximate surface area is 114 Å². The van der Waals surface area contributed by atoms with Crippen molar-refractivity contribution in [2.75, 3.05) is 0 Å². The van der Waals surface area contributed by atoms with Gasteiger partial charge in [0.05, 0.1) is 15.7 Å². The Kier molecular flexibility index (Phi) is 4.26. The molecule has 5 heteroatoms. The summed E-state index contributed by atoms with van der Waals surface area (Å²) in [6.45, 7) is 2.51. The summed E-state index contributed by atoms with van der Waals surface area (Å²) in [7, 11) is 0. The van der Waals surface area contributed by atoms with Gasteiger partial charge in [-0.05, 0) is 24.6 Å². The van der Waals surface area contributed by atoms with Crippen molar-refractivity contribution in [1.82, 2.24) is 4.98 Å². The lowest BCUT2D eigenvalue weighted by molar-refractivity contribution is 0.302. The van der Waals surface area contributed by atoms with Gasteiger partial charge in [0.15, 0.2) is 0 Å². The second-order valence-electron chi connectivity index (χ2n) is 3.45. The first-order valence-corrected chi connectivity index (χ1v) is 6.83. The molecule has 2 aromatic rings. The van der Waals surface area contributed by atoms with Crippen molar-refractivity contribution in [3.8, 4) is 5.75 Å². The average Bonchev–Trinajstić information content (AvgIpc) is 2.76. The highest BCUT2D eigenvalue weighted by Crippen LogP contribution is 2.28. The predicted molar refractivity (Wildman–Crippen MR) is 72.3 cm³/mol. The Morgan fingerprint density at radius 3 is 2.82 bits per heavy atom. The van der Waals surface area contributed by atoms with E-state index < -0.39 is 0 Å². The zero-order chi connectivity index (χ0) is 12.3. The van der Waals surface area contributed by atoms with E-state index in [1.165, 1.54) is 0 Å². The van der Waals surface area contributed by atoms with Gasteiger partial charge < -0.3 is 4.74 Å². The number of aryl methyl sites for hydroxylation is 1. The van der Waals surface area contributed by atoms with Crippen molar-refractivity contribution < 1.29 is 4.74 Å². The Hall–Kier alpha value is -0.770. The van der Waals surface area contributed by atoms with E-state index in [0.29, 0.717) is 22.4 Å². The first kappa shape index (κ1) is 12.7. The molecule has 0 unspecified atom stereocenters. The van der Waals surface area contributed by atoms with Crippen molar-refractivity contribution >= 4 is 34.5 Å². The number of rotatable bonds is 4. The van der Waals surface area contributed by atoms with Crippen molar-refractivity contribution in [3.05, 3.63) is 44.3 Å². The van der Waals surface area contributed by atoms with Crippen LogP contribution in [-0.2, 0) is 13.0 Å². The molecule has 0 N–H and O–H groups in total. The van der Waals surface area contributed by atoms with Crippen molar-refractivity contribution in [2.45, 2.75) is 20.0 Å². The highest BCUT2D eigenvalue weighted by atomic mass is 35.5. The van der Waals surface area contributed by atoms with E-state index in [4.69, 9.17) is 27.9 Å². The SMILES string of the molecule is CCc1nc(COc2ccc(Cl)cc2Cl)cs1. The van der Waals surface area contributed by atoms with Gasteiger partial charge in [0.1, 0.15) is 12.4 Å². The first-order chi connectivity index (χ1) is 8.19. The average molecular weight is 288 g/mol. The van der Waals surface area contributed by atoms with Gasteiger partial charge in [-0.25, -0.2) is 4.98 Å². The molecule has 0 aliphatic heterocycles. The van der Waals surface area contributed by atoms with Gasteiger partial charge in [-0.15, -0.1) is 11.3 Å². The molecule has 0 radical (unpaired) electrons. The molecule has 2 rings (SSSR count). The van der Waals surface area contributed by atoms with Gasteiger partial charge in [-0.3, -0.25) is 0 Å². The molecule has 0 fully saturated rings.